The third-order valence-electron chi connectivity index (χ3n) is 5.88. The summed E-state index contributed by atoms with van der Waals surface area (Å²) < 4.78 is 11.6. The van der Waals surface area contributed by atoms with Gasteiger partial charge < -0.3 is 14.6 Å². The van der Waals surface area contributed by atoms with Crippen LogP contribution in [0.3, 0.4) is 0 Å². The molecule has 0 aromatic heterocycles. The van der Waals surface area contributed by atoms with Crippen molar-refractivity contribution in [3.8, 4) is 0 Å². The predicted octanol–water partition coefficient (Wildman–Crippen LogP) is 3.86. The molecule has 0 aliphatic heterocycles. The maximum absolute atomic E-state index is 10.6. The molecule has 2 aliphatic carbocycles. The van der Waals surface area contributed by atoms with Gasteiger partial charge in [0.25, 0.3) is 0 Å². The number of aliphatic hydroxyl groups is 1. The Balaban J connectivity index is 1.50. The second-order valence-electron chi connectivity index (χ2n) is 7.17. The van der Waals surface area contributed by atoms with Gasteiger partial charge in [0.05, 0.1) is 18.3 Å². The Kier molecular flexibility index (Phi) is 4.90. The van der Waals surface area contributed by atoms with Crippen molar-refractivity contribution in [1.82, 2.24) is 0 Å². The van der Waals surface area contributed by atoms with Crippen LogP contribution in [0.25, 0.3) is 0 Å². The van der Waals surface area contributed by atoms with Gasteiger partial charge >= 0.3 is 0 Å². The Morgan fingerprint density at radius 3 is 2.74 bits per heavy atom. The molecule has 1 aromatic rings. The molecule has 0 heterocycles. The molecule has 0 spiro atoms. The molecule has 1 aromatic carbocycles. The van der Waals surface area contributed by atoms with Crippen LogP contribution >= 0.6 is 0 Å². The number of hydrogen-bond donors (Lipinski definition) is 1. The molecule has 1 unspecified atom stereocenters. The zero-order chi connectivity index (χ0) is 16.3. The van der Waals surface area contributed by atoms with E-state index >= 15 is 0 Å². The van der Waals surface area contributed by atoms with Crippen molar-refractivity contribution in [3.05, 3.63) is 47.5 Å². The van der Waals surface area contributed by atoms with E-state index in [0.29, 0.717) is 6.61 Å². The molecule has 126 valence electrons. The summed E-state index contributed by atoms with van der Waals surface area (Å²) in [6.45, 7) is 3.49. The van der Waals surface area contributed by atoms with Crippen molar-refractivity contribution in [1.29, 1.82) is 0 Å². The monoisotopic (exact) mass is 316 g/mol. The largest absolute Gasteiger partial charge is 0.388 e. The number of ether oxygens (including phenoxy) is 2. The second-order valence-corrected chi connectivity index (χ2v) is 7.17. The quantitative estimate of drug-likeness (QED) is 0.613. The highest BCUT2D eigenvalue weighted by Crippen LogP contribution is 2.57. The third kappa shape index (κ3) is 3.23. The van der Waals surface area contributed by atoms with E-state index in [4.69, 9.17) is 9.47 Å². The average Bonchev–Trinajstić information content (AvgIpc) is 2.93. The minimum absolute atomic E-state index is 0.0222. The van der Waals surface area contributed by atoms with Crippen molar-refractivity contribution < 1.29 is 14.6 Å². The molecule has 3 heteroatoms. The number of fused-ring (bicyclic) bond motifs is 2. The minimum Gasteiger partial charge on any atom is -0.388 e. The van der Waals surface area contributed by atoms with E-state index in [1.807, 2.05) is 24.3 Å². The Labute approximate surface area is 139 Å². The maximum atomic E-state index is 10.6. The Morgan fingerprint density at radius 1 is 1.22 bits per heavy atom. The summed E-state index contributed by atoms with van der Waals surface area (Å²) in [4.78, 5) is 0. The highest BCUT2D eigenvalue weighted by Gasteiger charge is 2.55. The summed E-state index contributed by atoms with van der Waals surface area (Å²) in [6.07, 6.45) is 6.66. The van der Waals surface area contributed by atoms with E-state index in [2.05, 4.69) is 19.1 Å². The van der Waals surface area contributed by atoms with Gasteiger partial charge in [-0.25, -0.2) is 0 Å². The SMILES string of the molecule is CO[C@]12CC[C@](CCCOCc3ccccc3)(C1)C(O)C=C2C. The number of methoxy groups -OCH3 is 1. The van der Waals surface area contributed by atoms with Crippen LogP contribution in [0.15, 0.2) is 42.0 Å². The number of benzene rings is 1. The fourth-order valence-electron chi connectivity index (χ4n) is 4.34. The molecule has 2 aliphatic rings. The topological polar surface area (TPSA) is 38.7 Å². The molecule has 3 rings (SSSR count). The first-order chi connectivity index (χ1) is 11.1. The van der Waals surface area contributed by atoms with Crippen molar-refractivity contribution in [3.63, 3.8) is 0 Å². The van der Waals surface area contributed by atoms with Crippen LogP contribution in [0, 0.1) is 5.41 Å². The molecule has 2 bridgehead atoms. The van der Waals surface area contributed by atoms with Gasteiger partial charge in [0.15, 0.2) is 0 Å². The lowest BCUT2D eigenvalue weighted by Crippen LogP contribution is -2.42. The number of rotatable bonds is 7. The highest BCUT2D eigenvalue weighted by atomic mass is 16.5. The summed E-state index contributed by atoms with van der Waals surface area (Å²) in [7, 11) is 1.80. The molecular formula is C20H28O3. The molecule has 0 amide bonds. The molecule has 1 saturated carbocycles. The lowest BCUT2D eigenvalue weighted by molar-refractivity contribution is -0.0251. The lowest BCUT2D eigenvalue weighted by atomic mass is 9.70. The van der Waals surface area contributed by atoms with Gasteiger partial charge in [0.2, 0.25) is 0 Å². The summed E-state index contributed by atoms with van der Waals surface area (Å²) >= 11 is 0. The second kappa shape index (κ2) is 6.76. The summed E-state index contributed by atoms with van der Waals surface area (Å²) in [5.74, 6) is 0. The lowest BCUT2D eigenvalue weighted by Gasteiger charge is -2.41. The van der Waals surface area contributed by atoms with Gasteiger partial charge in [-0.15, -0.1) is 0 Å². The third-order valence-corrected chi connectivity index (χ3v) is 5.88. The van der Waals surface area contributed by atoms with E-state index in [1.54, 1.807) is 7.11 Å². The van der Waals surface area contributed by atoms with Crippen molar-refractivity contribution in [2.24, 2.45) is 5.41 Å². The van der Waals surface area contributed by atoms with Gasteiger partial charge in [-0.1, -0.05) is 36.4 Å². The molecule has 1 fully saturated rings. The molecular weight excluding hydrogens is 288 g/mol. The zero-order valence-corrected chi connectivity index (χ0v) is 14.3. The maximum Gasteiger partial charge on any atom is 0.0892 e. The van der Waals surface area contributed by atoms with Gasteiger partial charge in [0, 0.05) is 19.1 Å². The van der Waals surface area contributed by atoms with Crippen LogP contribution in [-0.4, -0.2) is 30.5 Å². The number of hydrogen-bond acceptors (Lipinski definition) is 3. The van der Waals surface area contributed by atoms with E-state index in [-0.39, 0.29) is 17.1 Å². The van der Waals surface area contributed by atoms with Crippen LogP contribution in [0.1, 0.15) is 44.6 Å². The fraction of sp³-hybridized carbons (Fsp3) is 0.600. The first-order valence-electron chi connectivity index (χ1n) is 8.64. The smallest absolute Gasteiger partial charge is 0.0892 e. The van der Waals surface area contributed by atoms with Gasteiger partial charge in [-0.2, -0.15) is 0 Å². The van der Waals surface area contributed by atoms with Crippen LogP contribution in [0.5, 0.6) is 0 Å². The standard InChI is InChI=1S/C20H28O3/c1-16-13-18(21)19(10-11-20(16,15-19)22-2)9-6-12-23-14-17-7-4-3-5-8-17/h3-5,7-8,13,18,21H,6,9-12,14-15H2,1-2H3/t18?,19-,20-/m1/s1. The van der Waals surface area contributed by atoms with Gasteiger partial charge in [-0.05, 0) is 50.2 Å². The predicted molar refractivity (Wildman–Crippen MR) is 91.1 cm³/mol. The first-order valence-corrected chi connectivity index (χ1v) is 8.64. The zero-order valence-electron chi connectivity index (χ0n) is 14.3. The Morgan fingerprint density at radius 2 is 2.00 bits per heavy atom. The Hall–Kier alpha value is -1.16. The number of aliphatic hydroxyl groups excluding tert-OH is 1. The Bertz CT molecular complexity index is 553. The summed E-state index contributed by atoms with van der Waals surface area (Å²) in [6, 6.07) is 10.3. The molecule has 3 atom stereocenters. The molecule has 23 heavy (non-hydrogen) atoms. The van der Waals surface area contributed by atoms with Gasteiger partial charge in [0.1, 0.15) is 0 Å². The van der Waals surface area contributed by atoms with E-state index in [9.17, 15) is 5.11 Å². The summed E-state index contributed by atoms with van der Waals surface area (Å²) in [5.41, 5.74) is 2.25. The van der Waals surface area contributed by atoms with Crippen molar-refractivity contribution in [2.75, 3.05) is 13.7 Å². The van der Waals surface area contributed by atoms with Crippen LogP contribution < -0.4 is 0 Å². The normalized spacial score (nSPS) is 32.8. The van der Waals surface area contributed by atoms with E-state index in [1.165, 1.54) is 11.1 Å². The van der Waals surface area contributed by atoms with E-state index < -0.39 is 0 Å². The van der Waals surface area contributed by atoms with Crippen LogP contribution in [0.2, 0.25) is 0 Å². The van der Waals surface area contributed by atoms with Crippen LogP contribution in [0.4, 0.5) is 0 Å². The molecule has 3 nitrogen and oxygen atoms in total. The minimum atomic E-state index is -0.345. The molecule has 1 N–H and O–H groups in total. The molecule has 0 saturated heterocycles. The van der Waals surface area contributed by atoms with Crippen LogP contribution in [-0.2, 0) is 16.1 Å². The highest BCUT2D eigenvalue weighted by molar-refractivity contribution is 5.28. The fourth-order valence-corrected chi connectivity index (χ4v) is 4.34. The first kappa shape index (κ1) is 16.7. The van der Waals surface area contributed by atoms with Crippen molar-refractivity contribution in [2.45, 2.75) is 57.3 Å². The summed E-state index contributed by atoms with van der Waals surface area (Å²) in [5, 5.41) is 10.6. The van der Waals surface area contributed by atoms with Crippen molar-refractivity contribution >= 4 is 0 Å². The van der Waals surface area contributed by atoms with Gasteiger partial charge in [-0.3, -0.25) is 0 Å². The average molecular weight is 316 g/mol. The molecule has 0 radical (unpaired) electrons. The van der Waals surface area contributed by atoms with E-state index in [0.717, 1.165) is 38.7 Å².